The highest BCUT2D eigenvalue weighted by Gasteiger charge is 2.27. The van der Waals surface area contributed by atoms with Crippen molar-refractivity contribution >= 4 is 20.2 Å². The summed E-state index contributed by atoms with van der Waals surface area (Å²) in [5.74, 6) is 0. The Hall–Kier alpha value is -4.86. The second kappa shape index (κ2) is 12.3. The third-order valence-corrected chi connectivity index (χ3v) is 9.69. The highest BCUT2D eigenvalue weighted by atomic mass is 32.2. The molecular formula is C37H28O6S2. The molecule has 6 aromatic carbocycles. The summed E-state index contributed by atoms with van der Waals surface area (Å²) in [7, 11) is -9.59. The minimum absolute atomic E-state index is 0.177. The van der Waals surface area contributed by atoms with Crippen LogP contribution in [0.3, 0.4) is 0 Å². The van der Waals surface area contributed by atoms with Gasteiger partial charge in [0.2, 0.25) is 0 Å². The normalized spacial score (nSPS) is 11.8. The molecule has 0 aliphatic rings. The zero-order chi connectivity index (χ0) is 31.6. The van der Waals surface area contributed by atoms with Crippen LogP contribution in [0.2, 0.25) is 0 Å². The molecule has 0 fully saturated rings. The van der Waals surface area contributed by atoms with Crippen LogP contribution in [0.1, 0.15) is 11.1 Å². The molecule has 0 saturated heterocycles. The molecule has 45 heavy (non-hydrogen) atoms. The van der Waals surface area contributed by atoms with Gasteiger partial charge in [-0.3, -0.25) is 9.11 Å². The Morgan fingerprint density at radius 1 is 0.356 bits per heavy atom. The van der Waals surface area contributed by atoms with Gasteiger partial charge in [-0.05, 0) is 44.5 Å². The first-order valence-electron chi connectivity index (χ1n) is 14.1. The summed E-state index contributed by atoms with van der Waals surface area (Å²) in [5, 5.41) is 0. The molecule has 0 aromatic heterocycles. The van der Waals surface area contributed by atoms with E-state index in [1.165, 1.54) is 12.1 Å². The predicted molar refractivity (Wildman–Crippen MR) is 177 cm³/mol. The molecule has 6 aromatic rings. The molecule has 0 saturated carbocycles. The maximum Gasteiger partial charge on any atom is 0.295 e. The van der Waals surface area contributed by atoms with E-state index in [2.05, 4.69) is 0 Å². The van der Waals surface area contributed by atoms with E-state index in [9.17, 15) is 25.9 Å². The van der Waals surface area contributed by atoms with Crippen LogP contribution in [0.25, 0.3) is 44.5 Å². The number of rotatable bonds is 8. The summed E-state index contributed by atoms with van der Waals surface area (Å²) in [4.78, 5) is -0.658. The lowest BCUT2D eigenvalue weighted by Crippen LogP contribution is -2.10. The van der Waals surface area contributed by atoms with Gasteiger partial charge >= 0.3 is 0 Å². The van der Waals surface area contributed by atoms with Gasteiger partial charge in [0.25, 0.3) is 20.2 Å². The van der Waals surface area contributed by atoms with Crippen molar-refractivity contribution in [3.63, 3.8) is 0 Å². The van der Waals surface area contributed by atoms with E-state index >= 15 is 0 Å². The zero-order valence-electron chi connectivity index (χ0n) is 23.9. The molecule has 0 atom stereocenters. The average molecular weight is 633 g/mol. The van der Waals surface area contributed by atoms with Crippen molar-refractivity contribution in [2.45, 2.75) is 16.2 Å². The average Bonchev–Trinajstić information content (AvgIpc) is 3.04. The Kier molecular flexibility index (Phi) is 8.22. The van der Waals surface area contributed by atoms with Crippen molar-refractivity contribution in [1.82, 2.24) is 0 Å². The fraction of sp³-hybridized carbons (Fsp3) is 0.0270. The van der Waals surface area contributed by atoms with Gasteiger partial charge in [-0.2, -0.15) is 16.8 Å². The highest BCUT2D eigenvalue weighted by Crippen LogP contribution is 2.40. The van der Waals surface area contributed by atoms with Crippen LogP contribution in [-0.2, 0) is 26.7 Å². The summed E-state index contributed by atoms with van der Waals surface area (Å²) < 4.78 is 73.3. The number of hydrogen-bond acceptors (Lipinski definition) is 4. The van der Waals surface area contributed by atoms with Gasteiger partial charge < -0.3 is 0 Å². The zero-order valence-corrected chi connectivity index (χ0v) is 25.5. The Labute approximate surface area is 262 Å². The summed E-state index contributed by atoms with van der Waals surface area (Å²) in [6, 6.07) is 43.1. The SMILES string of the molecule is O=S(=O)(O)c1c(Cc2cccc(-c3ccccc3-c3ccccc3)c2S(=O)(=O)O)cccc1-c1ccccc1-c1ccccc1. The van der Waals surface area contributed by atoms with Gasteiger partial charge in [0.1, 0.15) is 9.79 Å². The maximum atomic E-state index is 13.0. The summed E-state index contributed by atoms with van der Waals surface area (Å²) in [6.45, 7) is 0. The van der Waals surface area contributed by atoms with Gasteiger partial charge in [-0.25, -0.2) is 0 Å². The number of hydrogen-bond donors (Lipinski definition) is 2. The Bertz CT molecular complexity index is 2070. The van der Waals surface area contributed by atoms with Crippen LogP contribution in [0.15, 0.2) is 155 Å². The molecular weight excluding hydrogens is 605 g/mol. The van der Waals surface area contributed by atoms with Crippen molar-refractivity contribution in [2.24, 2.45) is 0 Å². The molecule has 2 N–H and O–H groups in total. The van der Waals surface area contributed by atoms with Crippen molar-refractivity contribution in [3.05, 3.63) is 157 Å². The monoisotopic (exact) mass is 632 g/mol. The molecule has 6 rings (SSSR count). The van der Waals surface area contributed by atoms with E-state index in [0.29, 0.717) is 11.1 Å². The molecule has 0 bridgehead atoms. The molecule has 0 amide bonds. The fourth-order valence-corrected chi connectivity index (χ4v) is 7.72. The van der Waals surface area contributed by atoms with E-state index in [4.69, 9.17) is 0 Å². The summed E-state index contributed by atoms with van der Waals surface area (Å²) in [6.07, 6.45) is -0.201. The van der Waals surface area contributed by atoms with Crippen molar-refractivity contribution < 1.29 is 25.9 Å². The van der Waals surface area contributed by atoms with Crippen molar-refractivity contribution in [2.75, 3.05) is 0 Å². The molecule has 8 heteroatoms. The lowest BCUT2D eigenvalue weighted by atomic mass is 9.91. The standard InChI is InChI=1S/C37H28O6S2/c38-44(39,40)36-28(17-11-23-34(36)32-21-9-7-19-30(32)26-13-3-1-4-14-26)25-29-18-12-24-35(37(29)45(41,42)43)33-22-10-8-20-31(33)27-15-5-2-6-16-27/h1-24H,25H2,(H,38,39,40)(H,41,42,43). The first-order chi connectivity index (χ1) is 21.6. The van der Waals surface area contributed by atoms with Gasteiger partial charge in [0.05, 0.1) is 0 Å². The molecule has 0 aliphatic carbocycles. The topological polar surface area (TPSA) is 109 Å². The second-order valence-corrected chi connectivity index (χ2v) is 13.3. The van der Waals surface area contributed by atoms with Crippen LogP contribution in [0.5, 0.6) is 0 Å². The predicted octanol–water partition coefficient (Wildman–Crippen LogP) is 8.44. The fourth-order valence-electron chi connectivity index (χ4n) is 5.86. The minimum Gasteiger partial charge on any atom is -0.282 e. The molecule has 0 spiro atoms. The van der Waals surface area contributed by atoms with Crippen LogP contribution in [0.4, 0.5) is 0 Å². The van der Waals surface area contributed by atoms with E-state index in [0.717, 1.165) is 22.3 Å². The Morgan fingerprint density at radius 3 is 1.02 bits per heavy atom. The highest BCUT2D eigenvalue weighted by molar-refractivity contribution is 7.86. The van der Waals surface area contributed by atoms with Gasteiger partial charge in [0, 0.05) is 17.5 Å². The van der Waals surface area contributed by atoms with Gasteiger partial charge in [-0.15, -0.1) is 0 Å². The lowest BCUT2D eigenvalue weighted by molar-refractivity contribution is 0.481. The largest absolute Gasteiger partial charge is 0.295 e. The first-order valence-corrected chi connectivity index (χ1v) is 17.0. The molecule has 6 nitrogen and oxygen atoms in total. The maximum absolute atomic E-state index is 13.0. The second-order valence-electron chi connectivity index (χ2n) is 10.5. The van der Waals surface area contributed by atoms with Crippen LogP contribution in [-0.4, -0.2) is 25.9 Å². The molecule has 0 unspecified atom stereocenters. The van der Waals surface area contributed by atoms with E-state index < -0.39 is 20.2 Å². The minimum atomic E-state index is -4.80. The summed E-state index contributed by atoms with van der Waals surface area (Å²) in [5.41, 5.74) is 5.31. The number of benzene rings is 6. The van der Waals surface area contributed by atoms with Crippen LogP contribution in [0, 0.1) is 0 Å². The smallest absolute Gasteiger partial charge is 0.282 e. The van der Waals surface area contributed by atoms with Crippen LogP contribution >= 0.6 is 0 Å². The van der Waals surface area contributed by atoms with Crippen LogP contribution < -0.4 is 0 Å². The van der Waals surface area contributed by atoms with E-state index in [-0.39, 0.29) is 38.5 Å². The van der Waals surface area contributed by atoms with Gasteiger partial charge in [-0.1, -0.05) is 146 Å². The molecule has 0 radical (unpaired) electrons. The van der Waals surface area contributed by atoms with Crippen molar-refractivity contribution in [1.29, 1.82) is 0 Å². The molecule has 224 valence electrons. The third-order valence-electron chi connectivity index (χ3n) is 7.69. The third kappa shape index (κ3) is 6.22. The van der Waals surface area contributed by atoms with Crippen molar-refractivity contribution in [3.8, 4) is 44.5 Å². The van der Waals surface area contributed by atoms with E-state index in [1.807, 2.05) is 84.9 Å². The Morgan fingerprint density at radius 2 is 0.667 bits per heavy atom. The van der Waals surface area contributed by atoms with Gasteiger partial charge in [0.15, 0.2) is 0 Å². The molecule has 0 heterocycles. The Balaban J connectivity index is 1.55. The summed E-state index contributed by atoms with van der Waals surface area (Å²) >= 11 is 0. The first kappa shape index (κ1) is 30.2. The van der Waals surface area contributed by atoms with E-state index in [1.54, 1.807) is 48.5 Å². The quantitative estimate of drug-likeness (QED) is 0.163. The molecule has 0 aliphatic heterocycles. The lowest BCUT2D eigenvalue weighted by Gasteiger charge is -2.18.